The van der Waals surface area contributed by atoms with E-state index in [1.165, 1.54) is 10.4 Å². The summed E-state index contributed by atoms with van der Waals surface area (Å²) in [5.41, 5.74) is 3.89. The van der Waals surface area contributed by atoms with Crippen LogP contribution in [-0.2, 0) is 0 Å². The molecule has 1 N–H and O–H groups in total. The molecule has 1 nitrogen and oxygen atoms in total. The van der Waals surface area contributed by atoms with Crippen LogP contribution in [0.4, 0.5) is 4.39 Å². The minimum atomic E-state index is -0.0918. The van der Waals surface area contributed by atoms with Crippen molar-refractivity contribution in [3.8, 4) is 0 Å². The molecule has 1 heterocycles. The smallest absolute Gasteiger partial charge is 0.129 e. The molecule has 0 bridgehead atoms. The maximum absolute atomic E-state index is 13.8. The molecule has 0 amide bonds. The number of hydrogen-bond acceptors (Lipinski definition) is 2. The molecular weight excluding hydrogens is 269 g/mol. The minimum absolute atomic E-state index is 0.0918. The van der Waals surface area contributed by atoms with E-state index < -0.39 is 0 Å². The molecule has 20 heavy (non-hydrogen) atoms. The number of aryl methyl sites for hydroxylation is 3. The summed E-state index contributed by atoms with van der Waals surface area (Å²) in [5.74, 6) is -0.0918. The van der Waals surface area contributed by atoms with E-state index in [0.29, 0.717) is 0 Å². The van der Waals surface area contributed by atoms with Crippen LogP contribution < -0.4 is 5.32 Å². The van der Waals surface area contributed by atoms with E-state index in [1.807, 2.05) is 26.0 Å². The Kier molecular flexibility index (Phi) is 4.95. The van der Waals surface area contributed by atoms with E-state index in [2.05, 4.69) is 30.6 Å². The van der Waals surface area contributed by atoms with Gasteiger partial charge in [0.15, 0.2) is 0 Å². The first-order valence-electron chi connectivity index (χ1n) is 7.08. The summed E-state index contributed by atoms with van der Waals surface area (Å²) in [4.78, 5) is 1.32. The van der Waals surface area contributed by atoms with Gasteiger partial charge in [-0.3, -0.25) is 0 Å². The van der Waals surface area contributed by atoms with Crippen LogP contribution >= 0.6 is 11.3 Å². The number of halogens is 1. The Morgan fingerprint density at radius 1 is 1.15 bits per heavy atom. The molecule has 2 rings (SSSR count). The van der Waals surface area contributed by atoms with Crippen molar-refractivity contribution >= 4 is 11.3 Å². The maximum Gasteiger partial charge on any atom is 0.129 e. The summed E-state index contributed by atoms with van der Waals surface area (Å²) in [6, 6.07) is 6.24. The van der Waals surface area contributed by atoms with Gasteiger partial charge in [0.25, 0.3) is 0 Å². The average Bonchev–Trinajstić information content (AvgIpc) is 2.83. The number of thiophene rings is 1. The van der Waals surface area contributed by atoms with Crippen LogP contribution in [0.25, 0.3) is 0 Å². The van der Waals surface area contributed by atoms with Gasteiger partial charge < -0.3 is 5.32 Å². The van der Waals surface area contributed by atoms with Gasteiger partial charge in [-0.2, -0.15) is 0 Å². The predicted molar refractivity (Wildman–Crippen MR) is 85.1 cm³/mol. The van der Waals surface area contributed by atoms with Crippen LogP contribution in [0.5, 0.6) is 0 Å². The molecular formula is C17H22FNS. The standard InChI is InChI=1S/C17H22FNS/c1-5-7-19-16(17-11(2)6-8-20-17)14-9-12(3)15(18)13(4)10-14/h6,8-10,16,19H,5,7H2,1-4H3. The van der Waals surface area contributed by atoms with Gasteiger partial charge >= 0.3 is 0 Å². The van der Waals surface area contributed by atoms with E-state index >= 15 is 0 Å². The van der Waals surface area contributed by atoms with Crippen molar-refractivity contribution in [3.63, 3.8) is 0 Å². The third kappa shape index (κ3) is 3.10. The van der Waals surface area contributed by atoms with Crippen molar-refractivity contribution in [2.75, 3.05) is 6.54 Å². The van der Waals surface area contributed by atoms with Gasteiger partial charge in [-0.15, -0.1) is 11.3 Å². The molecule has 108 valence electrons. The first-order valence-corrected chi connectivity index (χ1v) is 7.96. The lowest BCUT2D eigenvalue weighted by Crippen LogP contribution is -2.23. The number of rotatable bonds is 5. The molecule has 0 saturated carbocycles. The zero-order valence-electron chi connectivity index (χ0n) is 12.6. The Balaban J connectivity index is 2.44. The Morgan fingerprint density at radius 2 is 1.80 bits per heavy atom. The molecule has 1 atom stereocenters. The van der Waals surface area contributed by atoms with Crippen LogP contribution in [0.1, 0.15) is 46.5 Å². The SMILES string of the molecule is CCCNC(c1cc(C)c(F)c(C)c1)c1sccc1C. The summed E-state index contributed by atoms with van der Waals surface area (Å²) in [6.45, 7) is 8.92. The summed E-state index contributed by atoms with van der Waals surface area (Å²) >= 11 is 1.76. The van der Waals surface area contributed by atoms with Crippen molar-refractivity contribution in [1.29, 1.82) is 0 Å². The van der Waals surface area contributed by atoms with Gasteiger partial charge in [-0.05, 0) is 67.4 Å². The average molecular weight is 291 g/mol. The number of benzene rings is 1. The minimum Gasteiger partial charge on any atom is -0.306 e. The third-order valence-corrected chi connectivity index (χ3v) is 4.64. The van der Waals surface area contributed by atoms with Crippen LogP contribution in [0, 0.1) is 26.6 Å². The highest BCUT2D eigenvalue weighted by atomic mass is 32.1. The second-order valence-corrected chi connectivity index (χ2v) is 6.27. The third-order valence-electron chi connectivity index (χ3n) is 3.55. The molecule has 0 saturated heterocycles. The fraction of sp³-hybridized carbons (Fsp3) is 0.412. The van der Waals surface area contributed by atoms with Gasteiger partial charge in [0, 0.05) is 4.88 Å². The summed E-state index contributed by atoms with van der Waals surface area (Å²) in [7, 11) is 0. The van der Waals surface area contributed by atoms with Gasteiger partial charge in [-0.1, -0.05) is 19.1 Å². The molecule has 1 aromatic heterocycles. The summed E-state index contributed by atoms with van der Waals surface area (Å²) < 4.78 is 13.8. The molecule has 0 aliphatic carbocycles. The normalized spacial score (nSPS) is 12.7. The van der Waals surface area contributed by atoms with Gasteiger partial charge in [-0.25, -0.2) is 4.39 Å². The molecule has 0 spiro atoms. The molecule has 0 radical (unpaired) electrons. The van der Waals surface area contributed by atoms with Crippen molar-refractivity contribution < 1.29 is 4.39 Å². The Bertz CT molecular complexity index is 565. The first kappa shape index (κ1) is 15.2. The lowest BCUT2D eigenvalue weighted by Gasteiger charge is -2.20. The number of nitrogens with one attached hydrogen (secondary N) is 1. The Hall–Kier alpha value is -1.19. The van der Waals surface area contributed by atoms with Crippen LogP contribution in [-0.4, -0.2) is 6.54 Å². The van der Waals surface area contributed by atoms with E-state index in [0.717, 1.165) is 29.7 Å². The van der Waals surface area contributed by atoms with E-state index in [-0.39, 0.29) is 11.9 Å². The quantitative estimate of drug-likeness (QED) is 0.826. The lowest BCUT2D eigenvalue weighted by atomic mass is 9.98. The molecule has 0 fully saturated rings. The van der Waals surface area contributed by atoms with E-state index in [4.69, 9.17) is 0 Å². The fourth-order valence-corrected chi connectivity index (χ4v) is 3.51. The van der Waals surface area contributed by atoms with Gasteiger partial charge in [0.2, 0.25) is 0 Å². The molecule has 1 unspecified atom stereocenters. The largest absolute Gasteiger partial charge is 0.306 e. The van der Waals surface area contributed by atoms with Gasteiger partial charge in [0.1, 0.15) is 5.82 Å². The summed E-state index contributed by atoms with van der Waals surface area (Å²) in [5, 5.41) is 5.71. The highest BCUT2D eigenvalue weighted by Gasteiger charge is 2.18. The Morgan fingerprint density at radius 3 is 2.30 bits per heavy atom. The molecule has 0 aliphatic rings. The van der Waals surface area contributed by atoms with Crippen molar-refractivity contribution in [1.82, 2.24) is 5.32 Å². The molecule has 3 heteroatoms. The van der Waals surface area contributed by atoms with Crippen molar-refractivity contribution in [2.24, 2.45) is 0 Å². The monoisotopic (exact) mass is 291 g/mol. The van der Waals surface area contributed by atoms with Crippen LogP contribution in [0.3, 0.4) is 0 Å². The number of hydrogen-bond donors (Lipinski definition) is 1. The Labute approximate surface area is 124 Å². The van der Waals surface area contributed by atoms with Crippen molar-refractivity contribution in [2.45, 2.75) is 40.2 Å². The van der Waals surface area contributed by atoms with E-state index in [9.17, 15) is 4.39 Å². The van der Waals surface area contributed by atoms with Crippen molar-refractivity contribution in [3.05, 3.63) is 56.5 Å². The zero-order chi connectivity index (χ0) is 14.7. The first-order chi connectivity index (χ1) is 9.54. The fourth-order valence-electron chi connectivity index (χ4n) is 2.48. The molecule has 0 aliphatic heterocycles. The van der Waals surface area contributed by atoms with Crippen LogP contribution in [0.2, 0.25) is 0 Å². The topological polar surface area (TPSA) is 12.0 Å². The van der Waals surface area contributed by atoms with Crippen LogP contribution in [0.15, 0.2) is 23.6 Å². The molecule has 1 aromatic carbocycles. The van der Waals surface area contributed by atoms with Gasteiger partial charge in [0.05, 0.1) is 6.04 Å². The second-order valence-electron chi connectivity index (χ2n) is 5.32. The predicted octanol–water partition coefficient (Wildman–Crippen LogP) is 4.90. The highest BCUT2D eigenvalue weighted by Crippen LogP contribution is 2.31. The zero-order valence-corrected chi connectivity index (χ0v) is 13.4. The highest BCUT2D eigenvalue weighted by molar-refractivity contribution is 7.10. The second kappa shape index (κ2) is 6.51. The maximum atomic E-state index is 13.8. The lowest BCUT2D eigenvalue weighted by molar-refractivity contribution is 0.589. The van der Waals surface area contributed by atoms with E-state index in [1.54, 1.807) is 11.3 Å². The summed E-state index contributed by atoms with van der Waals surface area (Å²) in [6.07, 6.45) is 1.08. The molecule has 2 aromatic rings.